The highest BCUT2D eigenvalue weighted by atomic mass is 35.5. The van der Waals surface area contributed by atoms with Crippen molar-refractivity contribution in [1.82, 2.24) is 0 Å². The van der Waals surface area contributed by atoms with Gasteiger partial charge < -0.3 is 0 Å². The maximum Gasteiger partial charge on any atom is 0.184 e. The Bertz CT molecular complexity index is 49.5. The number of alkyl halides is 1. The number of allylic oxidation sites excluding steroid dienone is 1. The predicted octanol–water partition coefficient (Wildman–Crippen LogP) is 1.56. The van der Waals surface area contributed by atoms with E-state index in [-0.39, 0.29) is 0 Å². The Morgan fingerprint density at radius 2 is 2.33 bits per heavy atom. The molecule has 35 valence electrons. The molecule has 1 nitrogen and oxygen atoms in total. The quantitative estimate of drug-likeness (QED) is 0.356. The van der Waals surface area contributed by atoms with Gasteiger partial charge in [0.05, 0.1) is 0 Å². The van der Waals surface area contributed by atoms with Gasteiger partial charge in [-0.05, 0) is 13.0 Å². The Kier molecular flexibility index (Phi) is 3.19. The summed E-state index contributed by atoms with van der Waals surface area (Å²) in [6, 6.07) is 0. The average molecular weight is 106 g/mol. The topological polar surface area (TPSA) is 19.9 Å². The molecular weight excluding hydrogens is 99.5 g/mol. The van der Waals surface area contributed by atoms with Gasteiger partial charge in [0.2, 0.25) is 0 Å². The van der Waals surface area contributed by atoms with Gasteiger partial charge in [-0.3, -0.25) is 0 Å². The largest absolute Gasteiger partial charge is 0.211 e. The van der Waals surface area contributed by atoms with Crippen LogP contribution in [-0.4, -0.2) is 5.56 Å². The van der Waals surface area contributed by atoms with Crippen LogP contribution in [0.3, 0.4) is 0 Å². The molecule has 0 amide bonds. The van der Waals surface area contributed by atoms with Crippen molar-refractivity contribution in [2.45, 2.75) is 12.5 Å². The van der Waals surface area contributed by atoms with Crippen LogP contribution in [0.1, 0.15) is 6.92 Å². The molecule has 0 saturated carbocycles. The summed E-state index contributed by atoms with van der Waals surface area (Å²) in [5.74, 6) is 0. The minimum absolute atomic E-state index is 1.06. The lowest BCUT2D eigenvalue weighted by Gasteiger charge is -1.79. The van der Waals surface area contributed by atoms with E-state index in [4.69, 9.17) is 11.6 Å². The standard InChI is InChI=1S/C4H6ClO/c1-2-3-4(5)6/h2-4H,1H3/b3-2+. The van der Waals surface area contributed by atoms with Crippen LogP contribution < -0.4 is 0 Å². The molecule has 0 fully saturated rings. The molecule has 0 saturated heterocycles. The van der Waals surface area contributed by atoms with Gasteiger partial charge in [0, 0.05) is 0 Å². The van der Waals surface area contributed by atoms with Gasteiger partial charge in [0.1, 0.15) is 0 Å². The van der Waals surface area contributed by atoms with Gasteiger partial charge in [0.25, 0.3) is 0 Å². The lowest BCUT2D eigenvalue weighted by Crippen LogP contribution is -1.81. The molecule has 1 radical (unpaired) electrons. The van der Waals surface area contributed by atoms with E-state index in [1.807, 2.05) is 0 Å². The maximum atomic E-state index is 9.81. The van der Waals surface area contributed by atoms with E-state index in [2.05, 4.69) is 0 Å². The minimum atomic E-state index is -1.06. The molecule has 2 heteroatoms. The van der Waals surface area contributed by atoms with Gasteiger partial charge in [0.15, 0.2) is 5.56 Å². The maximum absolute atomic E-state index is 9.81. The first-order chi connectivity index (χ1) is 2.77. The van der Waals surface area contributed by atoms with Gasteiger partial charge in [-0.25, -0.2) is 5.11 Å². The Labute approximate surface area is 42.2 Å². The molecule has 0 spiro atoms. The molecule has 0 N–H and O–H groups in total. The van der Waals surface area contributed by atoms with Crippen LogP contribution in [0.5, 0.6) is 0 Å². The summed E-state index contributed by atoms with van der Waals surface area (Å²) < 4.78 is 0. The molecule has 1 atom stereocenters. The average Bonchev–Trinajstić information content (AvgIpc) is 1.35. The van der Waals surface area contributed by atoms with Crippen LogP contribution in [0, 0.1) is 0 Å². The van der Waals surface area contributed by atoms with E-state index in [1.54, 1.807) is 13.0 Å². The van der Waals surface area contributed by atoms with Crippen molar-refractivity contribution in [3.05, 3.63) is 12.2 Å². The van der Waals surface area contributed by atoms with Crippen LogP contribution in [0.4, 0.5) is 0 Å². The Morgan fingerprint density at radius 1 is 1.83 bits per heavy atom. The first-order valence-corrected chi connectivity index (χ1v) is 2.13. The molecule has 6 heavy (non-hydrogen) atoms. The molecule has 0 aliphatic carbocycles. The van der Waals surface area contributed by atoms with E-state index in [0.29, 0.717) is 0 Å². The summed E-state index contributed by atoms with van der Waals surface area (Å²) in [5, 5.41) is 9.81. The second-order valence-electron chi connectivity index (χ2n) is 0.877. The fourth-order valence-corrected chi connectivity index (χ4v) is 0.297. The van der Waals surface area contributed by atoms with Crippen molar-refractivity contribution in [3.8, 4) is 0 Å². The zero-order chi connectivity index (χ0) is 4.99. The summed E-state index contributed by atoms with van der Waals surface area (Å²) in [4.78, 5) is 0. The predicted molar refractivity (Wildman–Crippen MR) is 25.1 cm³/mol. The summed E-state index contributed by atoms with van der Waals surface area (Å²) in [7, 11) is 0. The minimum Gasteiger partial charge on any atom is -0.211 e. The van der Waals surface area contributed by atoms with Gasteiger partial charge in [-0.1, -0.05) is 17.7 Å². The SMILES string of the molecule is C/C=C/C([O])Cl. The second-order valence-corrected chi connectivity index (χ2v) is 1.31. The summed E-state index contributed by atoms with van der Waals surface area (Å²) in [6.07, 6.45) is 3.01. The van der Waals surface area contributed by atoms with Gasteiger partial charge in [-0.15, -0.1) is 0 Å². The summed E-state index contributed by atoms with van der Waals surface area (Å²) in [6.45, 7) is 1.76. The number of halogens is 1. The lowest BCUT2D eigenvalue weighted by atomic mass is 10.6. The first kappa shape index (κ1) is 5.99. The molecule has 0 rings (SSSR count). The summed E-state index contributed by atoms with van der Waals surface area (Å²) >= 11 is 4.94. The van der Waals surface area contributed by atoms with Crippen LogP contribution in [0.15, 0.2) is 12.2 Å². The van der Waals surface area contributed by atoms with Crippen molar-refractivity contribution >= 4 is 11.6 Å². The lowest BCUT2D eigenvalue weighted by molar-refractivity contribution is 0.197. The van der Waals surface area contributed by atoms with Crippen LogP contribution in [0.25, 0.3) is 0 Å². The Morgan fingerprint density at radius 3 is 2.33 bits per heavy atom. The Hall–Kier alpha value is -0.0100. The third-order valence-corrected chi connectivity index (χ3v) is 0.489. The highest BCUT2D eigenvalue weighted by molar-refractivity contribution is 6.20. The molecule has 0 heterocycles. The van der Waals surface area contributed by atoms with Crippen molar-refractivity contribution < 1.29 is 5.11 Å². The number of hydrogen-bond acceptors (Lipinski definition) is 0. The van der Waals surface area contributed by atoms with Crippen molar-refractivity contribution in [2.75, 3.05) is 0 Å². The number of rotatable bonds is 1. The third-order valence-electron chi connectivity index (χ3n) is 0.344. The van der Waals surface area contributed by atoms with Gasteiger partial charge in [-0.2, -0.15) is 0 Å². The zero-order valence-corrected chi connectivity index (χ0v) is 4.27. The highest BCUT2D eigenvalue weighted by Gasteiger charge is 1.85. The monoisotopic (exact) mass is 105 g/mol. The fourth-order valence-electron chi connectivity index (χ4n) is 0.151. The first-order valence-electron chi connectivity index (χ1n) is 1.70. The zero-order valence-electron chi connectivity index (χ0n) is 3.52. The van der Waals surface area contributed by atoms with Crippen molar-refractivity contribution in [3.63, 3.8) is 0 Å². The molecule has 0 bridgehead atoms. The van der Waals surface area contributed by atoms with Gasteiger partial charge >= 0.3 is 0 Å². The van der Waals surface area contributed by atoms with E-state index in [9.17, 15) is 5.11 Å². The molecule has 1 unspecified atom stereocenters. The van der Waals surface area contributed by atoms with Crippen molar-refractivity contribution in [1.29, 1.82) is 0 Å². The molecule has 0 aromatic carbocycles. The van der Waals surface area contributed by atoms with E-state index >= 15 is 0 Å². The molecule has 0 aliphatic heterocycles. The number of hydrogen-bond donors (Lipinski definition) is 0. The normalized spacial score (nSPS) is 15.8. The van der Waals surface area contributed by atoms with Crippen LogP contribution in [0.2, 0.25) is 0 Å². The molecule has 0 aromatic rings. The summed E-state index contributed by atoms with van der Waals surface area (Å²) in [5.41, 5.74) is -1.06. The second kappa shape index (κ2) is 3.19. The fraction of sp³-hybridized carbons (Fsp3) is 0.500. The third kappa shape index (κ3) is 3.99. The van der Waals surface area contributed by atoms with E-state index in [0.717, 1.165) is 0 Å². The molecule has 0 aliphatic rings. The molecule has 0 aromatic heterocycles. The van der Waals surface area contributed by atoms with E-state index < -0.39 is 5.56 Å². The molecular formula is C4H6ClO. The Balaban J connectivity index is 3.03. The van der Waals surface area contributed by atoms with E-state index in [1.165, 1.54) is 6.08 Å². The van der Waals surface area contributed by atoms with Crippen LogP contribution >= 0.6 is 11.6 Å². The van der Waals surface area contributed by atoms with Crippen LogP contribution in [-0.2, 0) is 5.11 Å². The smallest absolute Gasteiger partial charge is 0.184 e. The van der Waals surface area contributed by atoms with Crippen molar-refractivity contribution in [2.24, 2.45) is 0 Å². The highest BCUT2D eigenvalue weighted by Crippen LogP contribution is 1.89.